The molecule has 0 fully saturated rings. The van der Waals surface area contributed by atoms with Gasteiger partial charge in [-0.05, 0) is 29.8 Å². The van der Waals surface area contributed by atoms with Crippen LogP contribution in [0.4, 0.5) is 5.69 Å². The van der Waals surface area contributed by atoms with Gasteiger partial charge in [0.1, 0.15) is 12.4 Å². The van der Waals surface area contributed by atoms with Crippen molar-refractivity contribution in [3.05, 3.63) is 58.6 Å². The van der Waals surface area contributed by atoms with E-state index in [2.05, 4.69) is 6.07 Å². The molecule has 18 heavy (non-hydrogen) atoms. The van der Waals surface area contributed by atoms with Crippen LogP contribution in [0, 0.1) is 11.3 Å². The van der Waals surface area contributed by atoms with Crippen molar-refractivity contribution in [1.29, 1.82) is 5.26 Å². The fourth-order valence-corrected chi connectivity index (χ4v) is 1.63. The summed E-state index contributed by atoms with van der Waals surface area (Å²) in [5, 5.41) is 9.27. The van der Waals surface area contributed by atoms with E-state index >= 15 is 0 Å². The number of rotatable bonds is 3. The quantitative estimate of drug-likeness (QED) is 0.859. The van der Waals surface area contributed by atoms with E-state index in [-0.39, 0.29) is 0 Å². The highest BCUT2D eigenvalue weighted by Gasteiger charge is 2.02. The van der Waals surface area contributed by atoms with Crippen LogP contribution in [-0.2, 0) is 6.61 Å². The van der Waals surface area contributed by atoms with Crippen molar-refractivity contribution in [2.75, 3.05) is 5.73 Å². The molecule has 0 atom stereocenters. The monoisotopic (exact) mass is 258 g/mol. The van der Waals surface area contributed by atoms with Crippen molar-refractivity contribution in [2.24, 2.45) is 0 Å². The second kappa shape index (κ2) is 5.44. The zero-order chi connectivity index (χ0) is 13.0. The molecule has 2 aromatic carbocycles. The molecule has 90 valence electrons. The first-order valence-corrected chi connectivity index (χ1v) is 5.73. The highest BCUT2D eigenvalue weighted by molar-refractivity contribution is 6.30. The summed E-state index contributed by atoms with van der Waals surface area (Å²) in [5.41, 5.74) is 7.91. The van der Waals surface area contributed by atoms with E-state index in [0.717, 1.165) is 5.56 Å². The van der Waals surface area contributed by atoms with Gasteiger partial charge >= 0.3 is 0 Å². The second-order valence-electron chi connectivity index (χ2n) is 3.78. The van der Waals surface area contributed by atoms with Crippen LogP contribution in [0.5, 0.6) is 5.75 Å². The standard InChI is InChI=1S/C14H11ClN2O/c15-12-5-6-13(17)14(7-12)18-9-11-3-1-10(8-16)2-4-11/h1-7H,9,17H2. The summed E-state index contributed by atoms with van der Waals surface area (Å²) in [6.45, 7) is 0.385. The predicted molar refractivity (Wildman–Crippen MR) is 71.4 cm³/mol. The molecule has 4 heteroatoms. The minimum atomic E-state index is 0.385. The number of hydrogen-bond donors (Lipinski definition) is 1. The Morgan fingerprint density at radius 3 is 2.56 bits per heavy atom. The maximum Gasteiger partial charge on any atom is 0.144 e. The van der Waals surface area contributed by atoms with E-state index in [1.54, 1.807) is 30.3 Å². The van der Waals surface area contributed by atoms with Crippen LogP contribution in [0.15, 0.2) is 42.5 Å². The van der Waals surface area contributed by atoms with E-state index < -0.39 is 0 Å². The van der Waals surface area contributed by atoms with Crippen molar-refractivity contribution in [2.45, 2.75) is 6.61 Å². The average Bonchev–Trinajstić information content (AvgIpc) is 2.40. The highest BCUT2D eigenvalue weighted by Crippen LogP contribution is 2.26. The number of halogens is 1. The molecule has 0 aromatic heterocycles. The third kappa shape index (κ3) is 2.93. The molecule has 0 saturated carbocycles. The van der Waals surface area contributed by atoms with Crippen molar-refractivity contribution in [3.8, 4) is 11.8 Å². The van der Waals surface area contributed by atoms with Gasteiger partial charge in [0, 0.05) is 11.1 Å². The number of benzene rings is 2. The number of hydrogen-bond acceptors (Lipinski definition) is 3. The third-order valence-corrected chi connectivity index (χ3v) is 2.69. The molecule has 0 amide bonds. The Kier molecular flexibility index (Phi) is 3.71. The molecule has 0 aliphatic heterocycles. The normalized spacial score (nSPS) is 9.78. The third-order valence-electron chi connectivity index (χ3n) is 2.45. The topological polar surface area (TPSA) is 59.0 Å². The van der Waals surface area contributed by atoms with E-state index in [1.807, 2.05) is 12.1 Å². The van der Waals surface area contributed by atoms with Crippen LogP contribution >= 0.6 is 11.6 Å². The summed E-state index contributed by atoms with van der Waals surface area (Å²) in [4.78, 5) is 0. The molecule has 2 aromatic rings. The molecular weight excluding hydrogens is 248 g/mol. The average molecular weight is 259 g/mol. The van der Waals surface area contributed by atoms with Gasteiger partial charge < -0.3 is 10.5 Å². The van der Waals surface area contributed by atoms with Crippen LogP contribution in [0.3, 0.4) is 0 Å². The van der Waals surface area contributed by atoms with Crippen molar-refractivity contribution < 1.29 is 4.74 Å². The van der Waals surface area contributed by atoms with Crippen LogP contribution < -0.4 is 10.5 Å². The summed E-state index contributed by atoms with van der Waals surface area (Å²) in [6.07, 6.45) is 0. The lowest BCUT2D eigenvalue weighted by Gasteiger charge is -2.09. The Morgan fingerprint density at radius 2 is 1.89 bits per heavy atom. The van der Waals surface area contributed by atoms with Crippen LogP contribution in [0.2, 0.25) is 5.02 Å². The lowest BCUT2D eigenvalue weighted by Crippen LogP contribution is -1.98. The molecule has 0 radical (unpaired) electrons. The Balaban J connectivity index is 2.07. The van der Waals surface area contributed by atoms with Crippen LogP contribution in [0.25, 0.3) is 0 Å². The molecule has 0 aliphatic rings. The first-order valence-electron chi connectivity index (χ1n) is 5.36. The Labute approximate surface area is 110 Å². The van der Waals surface area contributed by atoms with Crippen LogP contribution in [-0.4, -0.2) is 0 Å². The number of nitrogens with two attached hydrogens (primary N) is 1. The van der Waals surface area contributed by atoms with Gasteiger partial charge in [-0.3, -0.25) is 0 Å². The molecule has 3 nitrogen and oxygen atoms in total. The van der Waals surface area contributed by atoms with Gasteiger partial charge in [0.2, 0.25) is 0 Å². The highest BCUT2D eigenvalue weighted by atomic mass is 35.5. The number of nitriles is 1. The number of nitrogen functional groups attached to an aromatic ring is 1. The van der Waals surface area contributed by atoms with Gasteiger partial charge in [-0.15, -0.1) is 0 Å². The molecule has 0 saturated heterocycles. The lowest BCUT2D eigenvalue weighted by atomic mass is 10.1. The molecule has 0 bridgehead atoms. The fraction of sp³-hybridized carbons (Fsp3) is 0.0714. The Morgan fingerprint density at radius 1 is 1.17 bits per heavy atom. The van der Waals surface area contributed by atoms with Gasteiger partial charge in [0.25, 0.3) is 0 Å². The first kappa shape index (κ1) is 12.3. The minimum Gasteiger partial charge on any atom is -0.487 e. The zero-order valence-corrected chi connectivity index (χ0v) is 10.3. The van der Waals surface area contributed by atoms with Gasteiger partial charge in [-0.1, -0.05) is 23.7 Å². The van der Waals surface area contributed by atoms with Crippen molar-refractivity contribution in [3.63, 3.8) is 0 Å². The number of nitrogens with zero attached hydrogens (tertiary/aromatic N) is 1. The second-order valence-corrected chi connectivity index (χ2v) is 4.22. The van der Waals surface area contributed by atoms with Crippen molar-refractivity contribution in [1.82, 2.24) is 0 Å². The van der Waals surface area contributed by atoms with Crippen molar-refractivity contribution >= 4 is 17.3 Å². The van der Waals surface area contributed by atoms with E-state index in [1.165, 1.54) is 0 Å². The molecule has 0 aliphatic carbocycles. The van der Waals surface area contributed by atoms with Gasteiger partial charge in [-0.25, -0.2) is 0 Å². The van der Waals surface area contributed by atoms with E-state index in [4.69, 9.17) is 27.3 Å². The van der Waals surface area contributed by atoms with Gasteiger partial charge in [0.15, 0.2) is 0 Å². The van der Waals surface area contributed by atoms with Gasteiger partial charge in [-0.2, -0.15) is 5.26 Å². The maximum atomic E-state index is 8.69. The summed E-state index contributed by atoms with van der Waals surface area (Å²) < 4.78 is 5.58. The van der Waals surface area contributed by atoms with Gasteiger partial charge in [0.05, 0.1) is 17.3 Å². The number of ether oxygens (including phenoxy) is 1. The SMILES string of the molecule is N#Cc1ccc(COc2cc(Cl)ccc2N)cc1. The van der Waals surface area contributed by atoms with E-state index in [9.17, 15) is 0 Å². The van der Waals surface area contributed by atoms with E-state index in [0.29, 0.717) is 28.6 Å². The summed E-state index contributed by atoms with van der Waals surface area (Å²) in [5.74, 6) is 0.562. The van der Waals surface area contributed by atoms with Crippen LogP contribution in [0.1, 0.15) is 11.1 Å². The molecular formula is C14H11ClN2O. The number of anilines is 1. The molecule has 0 heterocycles. The fourth-order valence-electron chi connectivity index (χ4n) is 1.47. The molecule has 0 unspecified atom stereocenters. The Bertz CT molecular complexity index is 588. The summed E-state index contributed by atoms with van der Waals surface area (Å²) in [7, 11) is 0. The zero-order valence-electron chi connectivity index (χ0n) is 9.56. The lowest BCUT2D eigenvalue weighted by molar-refractivity contribution is 0.308. The first-order chi connectivity index (χ1) is 8.69. The summed E-state index contributed by atoms with van der Waals surface area (Å²) >= 11 is 5.87. The molecule has 2 N–H and O–H groups in total. The molecule has 0 spiro atoms. The largest absolute Gasteiger partial charge is 0.487 e. The maximum absolute atomic E-state index is 8.69. The summed E-state index contributed by atoms with van der Waals surface area (Å²) in [6, 6.07) is 14.4. The molecule has 2 rings (SSSR count). The smallest absolute Gasteiger partial charge is 0.144 e. The predicted octanol–water partition coefficient (Wildman–Crippen LogP) is 3.37. The minimum absolute atomic E-state index is 0.385. The Hall–Kier alpha value is -2.18.